The van der Waals surface area contributed by atoms with E-state index in [0.717, 1.165) is 22.3 Å². The second kappa shape index (κ2) is 9.94. The van der Waals surface area contributed by atoms with E-state index in [9.17, 15) is 9.35 Å². The van der Waals surface area contributed by atoms with Crippen LogP contribution in [0.4, 0.5) is 4.39 Å². The minimum absolute atomic E-state index is 0.109. The number of carbonyl (C=O) groups is 1. The van der Waals surface area contributed by atoms with E-state index in [2.05, 4.69) is 4.72 Å². The van der Waals surface area contributed by atoms with Crippen LogP contribution in [-0.4, -0.2) is 21.9 Å². The Balaban J connectivity index is 2.58. The molecule has 0 saturated carbocycles. The van der Waals surface area contributed by atoms with Gasteiger partial charge < -0.3 is 9.29 Å². The monoisotopic (exact) mass is 433 g/mol. The molecule has 0 amide bonds. The summed E-state index contributed by atoms with van der Waals surface area (Å²) in [7, 11) is 0. The van der Waals surface area contributed by atoms with Crippen LogP contribution in [0.3, 0.4) is 0 Å². The first-order chi connectivity index (χ1) is 14.0. The van der Waals surface area contributed by atoms with Gasteiger partial charge in [-0.1, -0.05) is 18.2 Å². The van der Waals surface area contributed by atoms with E-state index in [-0.39, 0.29) is 13.0 Å². The highest BCUT2D eigenvalue weighted by molar-refractivity contribution is 7.90. The minimum Gasteiger partial charge on any atom is -0.598 e. The molecule has 0 fully saturated rings. The Morgan fingerprint density at radius 3 is 2.30 bits per heavy atom. The number of hydrogen-bond acceptors (Lipinski definition) is 4. The summed E-state index contributed by atoms with van der Waals surface area (Å²) in [6.07, 6.45) is -0.109. The standard InChI is InChI=1S/C24H32FNO3S/c1-8-29-21(27)14-20(26-30(28)24(5,6)7)19-13-18(12-17(4)23(19)25)22-15(2)10-9-11-16(22)3/h9-13,20,26H,8,14H2,1-7H3/t20-,30?/m0/s1. The van der Waals surface area contributed by atoms with E-state index in [0.29, 0.717) is 11.1 Å². The zero-order chi connectivity index (χ0) is 22.6. The number of rotatable bonds is 7. The first-order valence-electron chi connectivity index (χ1n) is 10.2. The normalized spacial score (nSPS) is 13.8. The smallest absolute Gasteiger partial charge is 0.307 e. The van der Waals surface area contributed by atoms with Gasteiger partial charge in [0.2, 0.25) is 0 Å². The van der Waals surface area contributed by atoms with Gasteiger partial charge in [0.05, 0.1) is 19.1 Å². The van der Waals surface area contributed by atoms with Crippen LogP contribution < -0.4 is 4.72 Å². The van der Waals surface area contributed by atoms with Crippen LogP contribution in [0, 0.1) is 26.6 Å². The second-order valence-electron chi connectivity index (χ2n) is 8.52. The van der Waals surface area contributed by atoms with Crippen LogP contribution in [0.2, 0.25) is 0 Å². The molecule has 2 aromatic rings. The van der Waals surface area contributed by atoms with Crippen LogP contribution in [0.25, 0.3) is 11.1 Å². The van der Waals surface area contributed by atoms with E-state index < -0.39 is 33.9 Å². The Morgan fingerprint density at radius 2 is 1.77 bits per heavy atom. The van der Waals surface area contributed by atoms with Gasteiger partial charge in [0.25, 0.3) is 0 Å². The van der Waals surface area contributed by atoms with Gasteiger partial charge in [0.15, 0.2) is 0 Å². The molecule has 1 N–H and O–H groups in total. The average molecular weight is 434 g/mol. The molecular formula is C24H32FNO3S. The molecule has 0 spiro atoms. The highest BCUT2D eigenvalue weighted by atomic mass is 32.2. The van der Waals surface area contributed by atoms with Crippen molar-refractivity contribution in [3.63, 3.8) is 0 Å². The van der Waals surface area contributed by atoms with Crippen LogP contribution in [0.15, 0.2) is 30.3 Å². The number of hydrogen-bond donors (Lipinski definition) is 1. The summed E-state index contributed by atoms with van der Waals surface area (Å²) in [6.45, 7) is 13.2. The van der Waals surface area contributed by atoms with Gasteiger partial charge >= 0.3 is 5.97 Å². The molecule has 2 aromatic carbocycles. The molecule has 2 atom stereocenters. The fourth-order valence-corrected chi connectivity index (χ4v) is 4.19. The molecule has 164 valence electrons. The first kappa shape index (κ1) is 24.4. The zero-order valence-corrected chi connectivity index (χ0v) is 19.7. The molecule has 1 unspecified atom stereocenters. The lowest BCUT2D eigenvalue weighted by Crippen LogP contribution is -2.42. The molecule has 4 nitrogen and oxygen atoms in total. The SMILES string of the molecule is CCOC(=O)C[C@H](N[S+]([O-])C(C)(C)C)c1cc(-c2c(C)cccc2C)cc(C)c1F. The zero-order valence-electron chi connectivity index (χ0n) is 18.9. The van der Waals surface area contributed by atoms with Crippen molar-refractivity contribution in [1.82, 2.24) is 4.72 Å². The lowest BCUT2D eigenvalue weighted by atomic mass is 9.91. The van der Waals surface area contributed by atoms with E-state index in [4.69, 9.17) is 4.74 Å². The Morgan fingerprint density at radius 1 is 1.17 bits per heavy atom. The Kier molecular flexibility index (Phi) is 8.08. The number of halogens is 1. The lowest BCUT2D eigenvalue weighted by Gasteiger charge is -2.28. The third-order valence-corrected chi connectivity index (χ3v) is 6.52. The number of esters is 1. The molecule has 0 bridgehead atoms. The number of ether oxygens (including phenoxy) is 1. The van der Waals surface area contributed by atoms with Crippen LogP contribution in [0.1, 0.15) is 62.4 Å². The molecule has 2 rings (SSSR count). The van der Waals surface area contributed by atoms with Gasteiger partial charge in [-0.25, -0.2) is 4.39 Å². The second-order valence-corrected chi connectivity index (χ2v) is 10.5. The quantitative estimate of drug-likeness (QED) is 0.465. The van der Waals surface area contributed by atoms with E-state index in [1.165, 1.54) is 0 Å². The van der Waals surface area contributed by atoms with E-state index in [1.807, 2.05) is 58.9 Å². The van der Waals surface area contributed by atoms with E-state index >= 15 is 4.39 Å². The summed E-state index contributed by atoms with van der Waals surface area (Å²) in [5, 5.41) is 0. The summed E-state index contributed by atoms with van der Waals surface area (Å²) in [5.41, 5.74) is 4.87. The van der Waals surface area contributed by atoms with Crippen molar-refractivity contribution in [3.8, 4) is 11.1 Å². The summed E-state index contributed by atoms with van der Waals surface area (Å²) >= 11 is -1.49. The number of nitrogens with one attached hydrogen (secondary N) is 1. The lowest BCUT2D eigenvalue weighted by molar-refractivity contribution is -0.143. The third-order valence-electron chi connectivity index (χ3n) is 4.91. The molecule has 0 aliphatic carbocycles. The van der Waals surface area contributed by atoms with Crippen molar-refractivity contribution < 1.29 is 18.5 Å². The minimum atomic E-state index is -1.49. The number of carbonyl (C=O) groups excluding carboxylic acids is 1. The highest BCUT2D eigenvalue weighted by Gasteiger charge is 2.33. The van der Waals surface area contributed by atoms with Crippen molar-refractivity contribution in [2.24, 2.45) is 0 Å². The molecule has 0 aromatic heterocycles. The third kappa shape index (κ3) is 5.84. The van der Waals surface area contributed by atoms with Crippen molar-refractivity contribution in [1.29, 1.82) is 0 Å². The molecule has 0 saturated heterocycles. The van der Waals surface area contributed by atoms with Gasteiger partial charge in [-0.2, -0.15) is 0 Å². The fourth-order valence-electron chi connectivity index (χ4n) is 3.37. The Bertz CT molecular complexity index is 888. The van der Waals surface area contributed by atoms with Crippen molar-refractivity contribution >= 4 is 17.3 Å². The number of aryl methyl sites for hydroxylation is 3. The maximum Gasteiger partial charge on any atom is 0.307 e. The molecule has 0 aliphatic rings. The van der Waals surface area contributed by atoms with Crippen molar-refractivity contribution in [2.75, 3.05) is 6.61 Å². The maximum atomic E-state index is 15.2. The predicted molar refractivity (Wildman–Crippen MR) is 121 cm³/mol. The highest BCUT2D eigenvalue weighted by Crippen LogP contribution is 2.34. The average Bonchev–Trinajstić information content (AvgIpc) is 2.63. The van der Waals surface area contributed by atoms with Crippen LogP contribution in [0.5, 0.6) is 0 Å². The van der Waals surface area contributed by atoms with Gasteiger partial charge in [-0.3, -0.25) is 4.79 Å². The van der Waals surface area contributed by atoms with E-state index in [1.54, 1.807) is 19.9 Å². The topological polar surface area (TPSA) is 61.4 Å². The number of benzene rings is 2. The Hall–Kier alpha value is -1.89. The van der Waals surface area contributed by atoms with Crippen molar-refractivity contribution in [2.45, 2.75) is 65.7 Å². The molecule has 30 heavy (non-hydrogen) atoms. The largest absolute Gasteiger partial charge is 0.598 e. The summed E-state index contributed by atoms with van der Waals surface area (Å²) in [4.78, 5) is 12.2. The summed E-state index contributed by atoms with van der Waals surface area (Å²) in [5.74, 6) is -0.867. The molecule has 0 heterocycles. The molecular weight excluding hydrogens is 401 g/mol. The summed E-state index contributed by atoms with van der Waals surface area (Å²) < 4.78 is 35.5. The molecule has 0 radical (unpaired) electrons. The van der Waals surface area contributed by atoms with Crippen LogP contribution >= 0.6 is 0 Å². The molecule has 0 aliphatic heterocycles. The predicted octanol–water partition coefficient (Wildman–Crippen LogP) is 5.46. The molecule has 6 heteroatoms. The van der Waals surface area contributed by atoms with Crippen molar-refractivity contribution in [3.05, 3.63) is 58.4 Å². The van der Waals surface area contributed by atoms with Gasteiger partial charge in [-0.15, -0.1) is 4.72 Å². The van der Waals surface area contributed by atoms with Gasteiger partial charge in [0, 0.05) is 16.9 Å². The van der Waals surface area contributed by atoms with Gasteiger partial charge in [-0.05, 0) is 88.4 Å². The first-order valence-corrected chi connectivity index (χ1v) is 11.3. The van der Waals surface area contributed by atoms with Gasteiger partial charge in [0.1, 0.15) is 10.6 Å². The summed E-state index contributed by atoms with van der Waals surface area (Å²) in [6, 6.07) is 8.83. The Labute approximate surface area is 182 Å². The maximum absolute atomic E-state index is 15.2. The van der Waals surface area contributed by atoms with Crippen LogP contribution in [-0.2, 0) is 20.9 Å². The fraction of sp³-hybridized carbons (Fsp3) is 0.458.